The second-order valence-corrected chi connectivity index (χ2v) is 4.79. The first-order valence-corrected chi connectivity index (χ1v) is 6.11. The Kier molecular flexibility index (Phi) is 5.70. The minimum atomic E-state index is 0.0614. The van der Waals surface area contributed by atoms with Crippen LogP contribution >= 0.6 is 0 Å². The van der Waals surface area contributed by atoms with E-state index in [0.717, 1.165) is 13.1 Å². The van der Waals surface area contributed by atoms with E-state index in [4.69, 9.17) is 0 Å². The molecule has 0 fully saturated rings. The van der Waals surface area contributed by atoms with Gasteiger partial charge in [0.2, 0.25) is 5.91 Å². The molecule has 0 aliphatic carbocycles. The average molecular weight is 234 g/mol. The lowest BCUT2D eigenvalue weighted by atomic mass is 10.1. The van der Waals surface area contributed by atoms with Gasteiger partial charge in [0.05, 0.1) is 6.54 Å². The lowest BCUT2D eigenvalue weighted by molar-refractivity contribution is -0.120. The number of hydrogen-bond donors (Lipinski definition) is 2. The van der Waals surface area contributed by atoms with Crippen molar-refractivity contribution in [3.05, 3.63) is 35.4 Å². The second-order valence-electron chi connectivity index (χ2n) is 4.79. The van der Waals surface area contributed by atoms with Gasteiger partial charge in [-0.1, -0.05) is 43.7 Å². The molecule has 0 atom stereocenters. The van der Waals surface area contributed by atoms with Crippen molar-refractivity contribution in [1.82, 2.24) is 10.6 Å². The lowest BCUT2D eigenvalue weighted by Gasteiger charge is -2.08. The Hall–Kier alpha value is -1.35. The topological polar surface area (TPSA) is 41.1 Å². The molecule has 0 aromatic heterocycles. The fraction of sp³-hybridized carbons (Fsp3) is 0.500. The van der Waals surface area contributed by atoms with Crippen LogP contribution in [0.1, 0.15) is 25.0 Å². The summed E-state index contributed by atoms with van der Waals surface area (Å²) < 4.78 is 0. The van der Waals surface area contributed by atoms with Crippen LogP contribution in [0.15, 0.2) is 24.3 Å². The Morgan fingerprint density at radius 1 is 1.35 bits per heavy atom. The summed E-state index contributed by atoms with van der Waals surface area (Å²) in [6.45, 7) is 8.09. The Labute approximate surface area is 104 Å². The predicted octanol–water partition coefficient (Wildman–Crippen LogP) is 1.86. The van der Waals surface area contributed by atoms with E-state index in [9.17, 15) is 4.79 Å². The molecule has 0 aliphatic heterocycles. The standard InChI is InChI=1S/C14H22N2O/c1-11(2)8-16-14(17)10-15-9-13-6-4-5-12(3)7-13/h4-7,11,15H,8-10H2,1-3H3,(H,16,17). The van der Waals surface area contributed by atoms with Crippen LogP contribution in [-0.2, 0) is 11.3 Å². The molecule has 1 amide bonds. The molecule has 0 spiro atoms. The van der Waals surface area contributed by atoms with E-state index in [0.29, 0.717) is 12.5 Å². The molecular formula is C14H22N2O. The van der Waals surface area contributed by atoms with Gasteiger partial charge in [0.15, 0.2) is 0 Å². The zero-order valence-corrected chi connectivity index (χ0v) is 10.9. The number of carbonyl (C=O) groups is 1. The van der Waals surface area contributed by atoms with E-state index in [1.165, 1.54) is 11.1 Å². The summed E-state index contributed by atoms with van der Waals surface area (Å²) >= 11 is 0. The van der Waals surface area contributed by atoms with Gasteiger partial charge in [-0.2, -0.15) is 0 Å². The van der Waals surface area contributed by atoms with Gasteiger partial charge in [0, 0.05) is 13.1 Å². The highest BCUT2D eigenvalue weighted by Crippen LogP contribution is 2.02. The monoisotopic (exact) mass is 234 g/mol. The molecule has 0 unspecified atom stereocenters. The number of carbonyl (C=O) groups excluding carboxylic acids is 1. The molecule has 3 heteroatoms. The van der Waals surface area contributed by atoms with Crippen molar-refractivity contribution in [3.63, 3.8) is 0 Å². The maximum Gasteiger partial charge on any atom is 0.233 e. The zero-order chi connectivity index (χ0) is 12.7. The summed E-state index contributed by atoms with van der Waals surface area (Å²) in [4.78, 5) is 11.4. The Morgan fingerprint density at radius 3 is 2.76 bits per heavy atom. The van der Waals surface area contributed by atoms with Crippen molar-refractivity contribution in [1.29, 1.82) is 0 Å². The summed E-state index contributed by atoms with van der Waals surface area (Å²) in [7, 11) is 0. The van der Waals surface area contributed by atoms with Crippen molar-refractivity contribution in [2.75, 3.05) is 13.1 Å². The predicted molar refractivity (Wildman–Crippen MR) is 70.7 cm³/mol. The SMILES string of the molecule is Cc1cccc(CNCC(=O)NCC(C)C)c1. The van der Waals surface area contributed by atoms with Gasteiger partial charge in [0.1, 0.15) is 0 Å². The summed E-state index contributed by atoms with van der Waals surface area (Å²) in [6, 6.07) is 8.29. The highest BCUT2D eigenvalue weighted by molar-refractivity contribution is 5.77. The molecule has 1 aromatic carbocycles. The molecule has 0 radical (unpaired) electrons. The van der Waals surface area contributed by atoms with Gasteiger partial charge in [-0.05, 0) is 18.4 Å². The van der Waals surface area contributed by atoms with Crippen LogP contribution in [0.25, 0.3) is 0 Å². The molecule has 94 valence electrons. The van der Waals surface area contributed by atoms with Crippen molar-refractivity contribution < 1.29 is 4.79 Å². The van der Waals surface area contributed by atoms with Crippen LogP contribution in [0, 0.1) is 12.8 Å². The minimum Gasteiger partial charge on any atom is -0.355 e. The van der Waals surface area contributed by atoms with Gasteiger partial charge in [-0.25, -0.2) is 0 Å². The third-order valence-electron chi connectivity index (χ3n) is 2.40. The minimum absolute atomic E-state index is 0.0614. The number of benzene rings is 1. The fourth-order valence-corrected chi connectivity index (χ4v) is 1.52. The summed E-state index contributed by atoms with van der Waals surface area (Å²) in [5.74, 6) is 0.557. The van der Waals surface area contributed by atoms with E-state index in [-0.39, 0.29) is 5.91 Å². The van der Waals surface area contributed by atoms with Gasteiger partial charge in [-0.15, -0.1) is 0 Å². The highest BCUT2D eigenvalue weighted by Gasteiger charge is 2.01. The largest absolute Gasteiger partial charge is 0.355 e. The van der Waals surface area contributed by atoms with Crippen LogP contribution < -0.4 is 10.6 Å². The first-order valence-electron chi connectivity index (χ1n) is 6.11. The molecular weight excluding hydrogens is 212 g/mol. The van der Waals surface area contributed by atoms with Crippen molar-refractivity contribution >= 4 is 5.91 Å². The fourth-order valence-electron chi connectivity index (χ4n) is 1.52. The van der Waals surface area contributed by atoms with E-state index in [1.54, 1.807) is 0 Å². The molecule has 0 saturated carbocycles. The van der Waals surface area contributed by atoms with Gasteiger partial charge in [0.25, 0.3) is 0 Å². The first-order chi connectivity index (χ1) is 8.08. The third-order valence-corrected chi connectivity index (χ3v) is 2.40. The smallest absolute Gasteiger partial charge is 0.233 e. The van der Waals surface area contributed by atoms with Gasteiger partial charge >= 0.3 is 0 Å². The number of aryl methyl sites for hydroxylation is 1. The average Bonchev–Trinajstić information content (AvgIpc) is 2.26. The van der Waals surface area contributed by atoms with E-state index in [1.807, 2.05) is 6.07 Å². The highest BCUT2D eigenvalue weighted by atomic mass is 16.1. The summed E-state index contributed by atoms with van der Waals surface area (Å²) in [5, 5.41) is 6.02. The number of nitrogens with one attached hydrogen (secondary N) is 2. The van der Waals surface area contributed by atoms with Gasteiger partial charge < -0.3 is 10.6 Å². The van der Waals surface area contributed by atoms with Crippen LogP contribution in [0.5, 0.6) is 0 Å². The first kappa shape index (κ1) is 13.7. The molecule has 0 aliphatic rings. The van der Waals surface area contributed by atoms with Crippen LogP contribution in [0.4, 0.5) is 0 Å². The van der Waals surface area contributed by atoms with E-state index in [2.05, 4.69) is 49.6 Å². The van der Waals surface area contributed by atoms with Gasteiger partial charge in [-0.3, -0.25) is 4.79 Å². The molecule has 3 nitrogen and oxygen atoms in total. The van der Waals surface area contributed by atoms with Crippen molar-refractivity contribution in [2.24, 2.45) is 5.92 Å². The van der Waals surface area contributed by atoms with E-state index >= 15 is 0 Å². The third kappa shape index (κ3) is 6.07. The molecule has 0 saturated heterocycles. The number of amides is 1. The second kappa shape index (κ2) is 7.07. The maximum absolute atomic E-state index is 11.4. The summed E-state index contributed by atoms with van der Waals surface area (Å²) in [6.07, 6.45) is 0. The molecule has 2 N–H and O–H groups in total. The van der Waals surface area contributed by atoms with Crippen LogP contribution in [0.3, 0.4) is 0 Å². The van der Waals surface area contributed by atoms with Crippen molar-refractivity contribution in [3.8, 4) is 0 Å². The van der Waals surface area contributed by atoms with Crippen molar-refractivity contribution in [2.45, 2.75) is 27.3 Å². The van der Waals surface area contributed by atoms with Crippen LogP contribution in [0.2, 0.25) is 0 Å². The van der Waals surface area contributed by atoms with E-state index < -0.39 is 0 Å². The lowest BCUT2D eigenvalue weighted by Crippen LogP contribution is -2.35. The molecule has 1 rings (SSSR count). The molecule has 0 bridgehead atoms. The quantitative estimate of drug-likeness (QED) is 0.789. The number of rotatable bonds is 6. The molecule has 1 aromatic rings. The number of hydrogen-bond acceptors (Lipinski definition) is 2. The van der Waals surface area contributed by atoms with Crippen LogP contribution in [-0.4, -0.2) is 19.0 Å². The molecule has 17 heavy (non-hydrogen) atoms. The Bertz CT molecular complexity index is 361. The normalized spacial score (nSPS) is 10.6. The summed E-state index contributed by atoms with van der Waals surface area (Å²) in [5.41, 5.74) is 2.45. The Morgan fingerprint density at radius 2 is 2.12 bits per heavy atom. The molecule has 0 heterocycles. The maximum atomic E-state index is 11.4. The zero-order valence-electron chi connectivity index (χ0n) is 10.9. The Balaban J connectivity index is 2.21.